The molecule has 6 rings (SSSR count). The third-order valence-electron chi connectivity index (χ3n) is 6.91. The SMILES string of the molecule is Cc1ccc(N2C(=O)C3Sc4c(sc(=O)n4CC(=O)Nc4ccccc4C)C(c4cccs4)C3C2=O)cc1. The molecule has 2 aromatic heterocycles. The lowest BCUT2D eigenvalue weighted by Gasteiger charge is -2.29. The number of hydrogen-bond donors (Lipinski definition) is 1. The van der Waals surface area contributed by atoms with Crippen LogP contribution < -0.4 is 15.1 Å². The van der Waals surface area contributed by atoms with Gasteiger partial charge in [-0.05, 0) is 49.1 Å². The summed E-state index contributed by atoms with van der Waals surface area (Å²) in [5.41, 5.74) is 3.18. The van der Waals surface area contributed by atoms with Gasteiger partial charge >= 0.3 is 4.87 Å². The Hall–Kier alpha value is -3.47. The second-order valence-corrected chi connectivity index (χ2v) is 12.5. The van der Waals surface area contributed by atoms with E-state index in [0.29, 0.717) is 16.4 Å². The van der Waals surface area contributed by atoms with Crippen molar-refractivity contribution in [1.82, 2.24) is 4.57 Å². The van der Waals surface area contributed by atoms with Crippen molar-refractivity contribution in [3.05, 3.63) is 96.6 Å². The van der Waals surface area contributed by atoms with Crippen LogP contribution in [0.1, 0.15) is 26.8 Å². The van der Waals surface area contributed by atoms with Crippen LogP contribution in [0.15, 0.2) is 75.9 Å². The highest BCUT2D eigenvalue weighted by Crippen LogP contribution is 2.54. The van der Waals surface area contributed by atoms with Gasteiger partial charge in [-0.2, -0.15) is 0 Å². The number of amides is 3. The molecule has 0 spiro atoms. The van der Waals surface area contributed by atoms with Crippen molar-refractivity contribution in [3.63, 3.8) is 0 Å². The molecular weight excluding hydrogens is 539 g/mol. The zero-order valence-corrected chi connectivity index (χ0v) is 23.0. The molecule has 0 aliphatic carbocycles. The molecule has 1 N–H and O–H groups in total. The number of imide groups is 1. The number of fused-ring (bicyclic) bond motifs is 2. The fraction of sp³-hybridized carbons (Fsp3) is 0.214. The molecule has 3 atom stereocenters. The van der Waals surface area contributed by atoms with Gasteiger partial charge in [0.05, 0.1) is 16.6 Å². The minimum Gasteiger partial charge on any atom is -0.324 e. The van der Waals surface area contributed by atoms with Crippen molar-refractivity contribution in [2.75, 3.05) is 10.2 Å². The first-order valence-electron chi connectivity index (χ1n) is 12.1. The number of aromatic nitrogens is 1. The second kappa shape index (κ2) is 9.68. The summed E-state index contributed by atoms with van der Waals surface area (Å²) in [5, 5.41) is 4.71. The van der Waals surface area contributed by atoms with Gasteiger partial charge in [0.2, 0.25) is 17.7 Å². The molecule has 4 heterocycles. The maximum absolute atomic E-state index is 13.8. The molecule has 0 saturated carbocycles. The molecule has 2 aliphatic rings. The Balaban J connectivity index is 1.39. The van der Waals surface area contributed by atoms with E-state index in [-0.39, 0.29) is 29.1 Å². The number of carbonyl (C=O) groups is 3. The van der Waals surface area contributed by atoms with Crippen LogP contribution in [0.2, 0.25) is 0 Å². The molecule has 3 unspecified atom stereocenters. The monoisotopic (exact) mass is 561 g/mol. The van der Waals surface area contributed by atoms with E-state index in [9.17, 15) is 19.2 Å². The van der Waals surface area contributed by atoms with Crippen LogP contribution in [0.4, 0.5) is 11.4 Å². The van der Waals surface area contributed by atoms with Crippen LogP contribution in [0.3, 0.4) is 0 Å². The molecule has 2 aromatic carbocycles. The predicted octanol–water partition coefficient (Wildman–Crippen LogP) is 5.02. The quantitative estimate of drug-likeness (QED) is 0.346. The van der Waals surface area contributed by atoms with Gasteiger partial charge in [0, 0.05) is 21.4 Å². The second-order valence-electron chi connectivity index (χ2n) is 9.39. The van der Waals surface area contributed by atoms with Crippen molar-refractivity contribution >= 4 is 63.5 Å². The Kier molecular flexibility index (Phi) is 6.33. The Morgan fingerprint density at radius 2 is 1.71 bits per heavy atom. The Labute approximate surface area is 231 Å². The van der Waals surface area contributed by atoms with E-state index in [1.807, 2.05) is 67.8 Å². The van der Waals surface area contributed by atoms with Gasteiger partial charge in [-0.1, -0.05) is 65.1 Å². The number of thiazole rings is 1. The Bertz CT molecular complexity index is 1620. The minimum atomic E-state index is -0.692. The van der Waals surface area contributed by atoms with Gasteiger partial charge in [-0.15, -0.1) is 11.3 Å². The van der Waals surface area contributed by atoms with Crippen molar-refractivity contribution in [1.29, 1.82) is 0 Å². The van der Waals surface area contributed by atoms with Crippen molar-refractivity contribution in [2.24, 2.45) is 5.92 Å². The van der Waals surface area contributed by atoms with E-state index in [0.717, 1.165) is 32.2 Å². The normalized spacial score (nSPS) is 20.4. The number of para-hydroxylation sites is 1. The molecule has 2 aliphatic heterocycles. The summed E-state index contributed by atoms with van der Waals surface area (Å²) >= 11 is 3.79. The maximum atomic E-state index is 13.8. The van der Waals surface area contributed by atoms with Gasteiger partial charge in [0.25, 0.3) is 0 Å². The number of nitrogens with one attached hydrogen (secondary N) is 1. The number of rotatable bonds is 5. The van der Waals surface area contributed by atoms with E-state index in [1.165, 1.54) is 32.6 Å². The van der Waals surface area contributed by atoms with E-state index < -0.39 is 17.1 Å². The number of aryl methyl sites for hydroxylation is 2. The van der Waals surface area contributed by atoms with Crippen molar-refractivity contribution < 1.29 is 14.4 Å². The lowest BCUT2D eigenvalue weighted by atomic mass is 9.87. The van der Waals surface area contributed by atoms with Crippen LogP contribution in [0.25, 0.3) is 0 Å². The van der Waals surface area contributed by atoms with Gasteiger partial charge in [0.15, 0.2) is 0 Å². The molecule has 10 heteroatoms. The topological polar surface area (TPSA) is 88.5 Å². The number of thioether (sulfide) groups is 1. The van der Waals surface area contributed by atoms with Gasteiger partial charge < -0.3 is 5.32 Å². The molecule has 38 heavy (non-hydrogen) atoms. The van der Waals surface area contributed by atoms with Crippen LogP contribution in [0, 0.1) is 19.8 Å². The highest BCUT2D eigenvalue weighted by atomic mass is 32.2. The fourth-order valence-electron chi connectivity index (χ4n) is 5.02. The zero-order chi connectivity index (χ0) is 26.6. The average Bonchev–Trinajstić information content (AvgIpc) is 3.59. The smallest absolute Gasteiger partial charge is 0.308 e. The largest absolute Gasteiger partial charge is 0.324 e. The number of carbonyl (C=O) groups excluding carboxylic acids is 3. The van der Waals surface area contributed by atoms with Crippen molar-refractivity contribution in [2.45, 2.75) is 36.6 Å². The van der Waals surface area contributed by atoms with Crippen LogP contribution >= 0.6 is 34.4 Å². The summed E-state index contributed by atoms with van der Waals surface area (Å²) in [6.45, 7) is 3.68. The van der Waals surface area contributed by atoms with Crippen molar-refractivity contribution in [3.8, 4) is 0 Å². The molecule has 0 bridgehead atoms. The highest BCUT2D eigenvalue weighted by molar-refractivity contribution is 8.00. The number of benzene rings is 2. The summed E-state index contributed by atoms with van der Waals surface area (Å²) < 4.78 is 1.45. The predicted molar refractivity (Wildman–Crippen MR) is 151 cm³/mol. The maximum Gasteiger partial charge on any atom is 0.308 e. The standard InChI is InChI=1S/C28H23N3O4S3/c1-15-9-11-17(12-10-15)31-25(33)22-21(19-8-5-13-36-19)24-27(37-23(22)26(31)34)30(28(35)38-24)14-20(32)29-18-7-4-3-6-16(18)2/h3-13,21-23H,14H2,1-2H3,(H,29,32). The summed E-state index contributed by atoms with van der Waals surface area (Å²) in [6.07, 6.45) is 0. The third kappa shape index (κ3) is 4.13. The van der Waals surface area contributed by atoms with Crippen LogP contribution in [-0.4, -0.2) is 27.5 Å². The minimum absolute atomic E-state index is 0.176. The fourth-order valence-corrected chi connectivity index (χ4v) is 8.75. The van der Waals surface area contributed by atoms with E-state index in [1.54, 1.807) is 12.1 Å². The van der Waals surface area contributed by atoms with Crippen LogP contribution in [-0.2, 0) is 20.9 Å². The van der Waals surface area contributed by atoms with Gasteiger partial charge in [0.1, 0.15) is 11.8 Å². The zero-order valence-electron chi connectivity index (χ0n) is 20.5. The number of hydrogen-bond acceptors (Lipinski definition) is 7. The summed E-state index contributed by atoms with van der Waals surface area (Å²) in [4.78, 5) is 56.3. The molecular formula is C28H23N3O4S3. The van der Waals surface area contributed by atoms with Gasteiger partial charge in [-0.25, -0.2) is 4.90 Å². The van der Waals surface area contributed by atoms with E-state index in [2.05, 4.69) is 5.32 Å². The first kappa shape index (κ1) is 24.8. The molecule has 0 radical (unpaired) electrons. The molecule has 7 nitrogen and oxygen atoms in total. The molecule has 3 amide bonds. The van der Waals surface area contributed by atoms with Crippen LogP contribution in [0.5, 0.6) is 0 Å². The van der Waals surface area contributed by atoms with E-state index in [4.69, 9.17) is 0 Å². The number of anilines is 2. The number of thiophene rings is 1. The summed E-state index contributed by atoms with van der Waals surface area (Å²) in [7, 11) is 0. The lowest BCUT2D eigenvalue weighted by Crippen LogP contribution is -2.32. The lowest BCUT2D eigenvalue weighted by molar-refractivity contribution is -0.122. The molecule has 1 saturated heterocycles. The van der Waals surface area contributed by atoms with E-state index >= 15 is 0 Å². The van der Waals surface area contributed by atoms with Gasteiger partial charge in [-0.3, -0.25) is 23.7 Å². The Morgan fingerprint density at radius 3 is 2.42 bits per heavy atom. The molecule has 1 fully saturated rings. The summed E-state index contributed by atoms with van der Waals surface area (Å²) in [6, 6.07) is 18.6. The third-order valence-corrected chi connectivity index (χ3v) is 10.5. The molecule has 192 valence electrons. The average molecular weight is 562 g/mol. The molecule has 4 aromatic rings. The summed E-state index contributed by atoms with van der Waals surface area (Å²) in [5.74, 6) is -1.94. The number of nitrogens with zero attached hydrogens (tertiary/aromatic N) is 2. The highest BCUT2D eigenvalue weighted by Gasteiger charge is 2.57. The Morgan fingerprint density at radius 1 is 0.947 bits per heavy atom. The first-order valence-corrected chi connectivity index (χ1v) is 14.6. The first-order chi connectivity index (χ1) is 18.3.